The molecule has 0 bridgehead atoms. The summed E-state index contributed by atoms with van der Waals surface area (Å²) in [5.41, 5.74) is 6.99. The van der Waals surface area contributed by atoms with Crippen LogP contribution in [0.5, 0.6) is 5.75 Å². The number of nitrogen functional groups attached to an aromatic ring is 1. The zero-order valence-corrected chi connectivity index (χ0v) is 12.3. The number of carbonyl (C=O) groups is 1. The number of nitrogens with two attached hydrogens (primary N) is 1. The maximum atomic E-state index is 12.5. The fraction of sp³-hybridized carbons (Fsp3) is 0.533. The van der Waals surface area contributed by atoms with Crippen molar-refractivity contribution < 1.29 is 14.3 Å². The van der Waals surface area contributed by atoms with Crippen LogP contribution in [0.4, 0.5) is 5.69 Å². The molecule has 1 heterocycles. The quantitative estimate of drug-likeness (QED) is 0.858. The third kappa shape index (κ3) is 3.22. The minimum atomic E-state index is -0.0123. The van der Waals surface area contributed by atoms with Gasteiger partial charge in [0.05, 0.1) is 24.5 Å². The summed E-state index contributed by atoms with van der Waals surface area (Å²) >= 11 is 0. The summed E-state index contributed by atoms with van der Waals surface area (Å²) < 4.78 is 11.0. The van der Waals surface area contributed by atoms with E-state index < -0.39 is 0 Å². The van der Waals surface area contributed by atoms with Gasteiger partial charge in [-0.3, -0.25) is 4.79 Å². The van der Waals surface area contributed by atoms with Crippen LogP contribution in [0.1, 0.15) is 31.1 Å². The minimum absolute atomic E-state index is 0.0123. The molecule has 0 aromatic heterocycles. The van der Waals surface area contributed by atoms with Gasteiger partial charge in [-0.05, 0) is 39.0 Å². The van der Waals surface area contributed by atoms with Crippen molar-refractivity contribution in [2.45, 2.75) is 33.0 Å². The number of amides is 1. The van der Waals surface area contributed by atoms with E-state index in [0.717, 1.165) is 0 Å². The van der Waals surface area contributed by atoms with E-state index in [1.165, 1.54) is 0 Å². The SMILES string of the molecule is CCOc1ccc(C(=O)N2C[C@@H](C)O[C@@H](C)C2)cc1N. The average Bonchev–Trinajstić information content (AvgIpc) is 2.39. The van der Waals surface area contributed by atoms with E-state index in [1.54, 1.807) is 18.2 Å². The molecule has 1 amide bonds. The highest BCUT2D eigenvalue weighted by Crippen LogP contribution is 2.24. The Morgan fingerprint density at radius 1 is 1.40 bits per heavy atom. The first-order valence-electron chi connectivity index (χ1n) is 6.98. The van der Waals surface area contributed by atoms with E-state index in [9.17, 15) is 4.79 Å². The van der Waals surface area contributed by atoms with Crippen molar-refractivity contribution >= 4 is 11.6 Å². The second kappa shape index (κ2) is 6.13. The lowest BCUT2D eigenvalue weighted by atomic mass is 10.1. The predicted octanol–water partition coefficient (Wildman–Crippen LogP) is 1.92. The molecule has 1 aliphatic rings. The third-order valence-electron chi connectivity index (χ3n) is 3.26. The molecule has 0 saturated carbocycles. The maximum Gasteiger partial charge on any atom is 0.254 e. The molecule has 0 radical (unpaired) electrons. The van der Waals surface area contributed by atoms with Crippen molar-refractivity contribution in [1.82, 2.24) is 4.90 Å². The Morgan fingerprint density at radius 3 is 2.60 bits per heavy atom. The van der Waals surface area contributed by atoms with E-state index in [2.05, 4.69) is 0 Å². The summed E-state index contributed by atoms with van der Waals surface area (Å²) in [5, 5.41) is 0. The van der Waals surface area contributed by atoms with Crippen molar-refractivity contribution in [3.8, 4) is 5.75 Å². The zero-order valence-electron chi connectivity index (χ0n) is 12.3. The molecule has 2 atom stereocenters. The van der Waals surface area contributed by atoms with Gasteiger partial charge in [0, 0.05) is 18.7 Å². The molecule has 2 rings (SSSR count). The number of hydrogen-bond acceptors (Lipinski definition) is 4. The van der Waals surface area contributed by atoms with Gasteiger partial charge < -0.3 is 20.1 Å². The van der Waals surface area contributed by atoms with Crippen LogP contribution in [0.15, 0.2) is 18.2 Å². The number of carbonyl (C=O) groups excluding carboxylic acids is 1. The van der Waals surface area contributed by atoms with Crippen LogP contribution in [-0.4, -0.2) is 42.7 Å². The summed E-state index contributed by atoms with van der Waals surface area (Å²) in [6.45, 7) is 7.61. The van der Waals surface area contributed by atoms with Crippen molar-refractivity contribution in [3.63, 3.8) is 0 Å². The standard InChI is InChI=1S/C15H22N2O3/c1-4-19-14-6-5-12(7-13(14)16)15(18)17-8-10(2)20-11(3)9-17/h5-7,10-11H,4,8-9,16H2,1-3H3/t10-,11+. The largest absolute Gasteiger partial charge is 0.492 e. The van der Waals surface area contributed by atoms with Gasteiger partial charge in [0.15, 0.2) is 0 Å². The number of anilines is 1. The third-order valence-corrected chi connectivity index (χ3v) is 3.26. The van der Waals surface area contributed by atoms with Crippen LogP contribution < -0.4 is 10.5 Å². The molecule has 0 unspecified atom stereocenters. The molecule has 1 aromatic carbocycles. The summed E-state index contributed by atoms with van der Waals surface area (Å²) in [7, 11) is 0. The van der Waals surface area contributed by atoms with Crippen LogP contribution >= 0.6 is 0 Å². The molecule has 1 saturated heterocycles. The van der Waals surface area contributed by atoms with E-state index >= 15 is 0 Å². The molecule has 1 aliphatic heterocycles. The summed E-state index contributed by atoms with van der Waals surface area (Å²) in [4.78, 5) is 14.3. The predicted molar refractivity (Wildman–Crippen MR) is 77.9 cm³/mol. The van der Waals surface area contributed by atoms with Gasteiger partial charge >= 0.3 is 0 Å². The van der Waals surface area contributed by atoms with Crippen LogP contribution in [0.2, 0.25) is 0 Å². The van der Waals surface area contributed by atoms with Gasteiger partial charge in [0.1, 0.15) is 5.75 Å². The molecular weight excluding hydrogens is 256 g/mol. The molecule has 20 heavy (non-hydrogen) atoms. The van der Waals surface area contributed by atoms with Gasteiger partial charge in [-0.15, -0.1) is 0 Å². The van der Waals surface area contributed by atoms with E-state index in [0.29, 0.717) is 36.7 Å². The first-order valence-corrected chi connectivity index (χ1v) is 6.98. The highest BCUT2D eigenvalue weighted by atomic mass is 16.5. The van der Waals surface area contributed by atoms with Crippen LogP contribution in [-0.2, 0) is 4.74 Å². The molecule has 110 valence electrons. The van der Waals surface area contributed by atoms with Gasteiger partial charge in [0.2, 0.25) is 0 Å². The highest BCUT2D eigenvalue weighted by Gasteiger charge is 2.26. The number of nitrogens with zero attached hydrogens (tertiary/aromatic N) is 1. The fourth-order valence-corrected chi connectivity index (χ4v) is 2.49. The molecular formula is C15H22N2O3. The van der Waals surface area contributed by atoms with E-state index in [4.69, 9.17) is 15.2 Å². The molecule has 0 spiro atoms. The summed E-state index contributed by atoms with van der Waals surface area (Å²) in [5.74, 6) is 0.606. The van der Waals surface area contributed by atoms with Crippen molar-refractivity contribution in [2.75, 3.05) is 25.4 Å². The number of ether oxygens (including phenoxy) is 2. The fourth-order valence-electron chi connectivity index (χ4n) is 2.49. The average molecular weight is 278 g/mol. The summed E-state index contributed by atoms with van der Waals surface area (Å²) in [6.07, 6.45) is 0.116. The lowest BCUT2D eigenvalue weighted by Crippen LogP contribution is -2.48. The first-order chi connectivity index (χ1) is 9.51. The Balaban J connectivity index is 2.14. The Bertz CT molecular complexity index is 480. The number of benzene rings is 1. The Morgan fingerprint density at radius 2 is 2.05 bits per heavy atom. The highest BCUT2D eigenvalue weighted by molar-refractivity contribution is 5.95. The van der Waals surface area contributed by atoms with Crippen molar-refractivity contribution in [2.24, 2.45) is 0 Å². The normalized spacial score (nSPS) is 22.6. The molecule has 5 heteroatoms. The van der Waals surface area contributed by atoms with E-state index in [-0.39, 0.29) is 18.1 Å². The zero-order chi connectivity index (χ0) is 14.7. The lowest BCUT2D eigenvalue weighted by molar-refractivity contribution is -0.0586. The van der Waals surface area contributed by atoms with Gasteiger partial charge in [0.25, 0.3) is 5.91 Å². The van der Waals surface area contributed by atoms with Crippen LogP contribution in [0.25, 0.3) is 0 Å². The first kappa shape index (κ1) is 14.7. The van der Waals surface area contributed by atoms with Crippen molar-refractivity contribution in [3.05, 3.63) is 23.8 Å². The smallest absolute Gasteiger partial charge is 0.254 e. The molecule has 5 nitrogen and oxygen atoms in total. The van der Waals surface area contributed by atoms with E-state index in [1.807, 2.05) is 25.7 Å². The monoisotopic (exact) mass is 278 g/mol. The Labute approximate surface area is 119 Å². The second-order valence-corrected chi connectivity index (χ2v) is 5.15. The lowest BCUT2D eigenvalue weighted by Gasteiger charge is -2.35. The van der Waals surface area contributed by atoms with Crippen LogP contribution in [0.3, 0.4) is 0 Å². The number of hydrogen-bond donors (Lipinski definition) is 1. The van der Waals surface area contributed by atoms with Crippen LogP contribution in [0, 0.1) is 0 Å². The molecule has 2 N–H and O–H groups in total. The molecule has 1 fully saturated rings. The molecule has 1 aromatic rings. The minimum Gasteiger partial charge on any atom is -0.492 e. The van der Waals surface area contributed by atoms with Gasteiger partial charge in [-0.25, -0.2) is 0 Å². The molecule has 0 aliphatic carbocycles. The maximum absolute atomic E-state index is 12.5. The number of rotatable bonds is 3. The summed E-state index contributed by atoms with van der Waals surface area (Å²) in [6, 6.07) is 5.19. The van der Waals surface area contributed by atoms with Gasteiger partial charge in [-0.2, -0.15) is 0 Å². The topological polar surface area (TPSA) is 64.8 Å². The Hall–Kier alpha value is -1.75. The second-order valence-electron chi connectivity index (χ2n) is 5.15. The van der Waals surface area contributed by atoms with Gasteiger partial charge in [-0.1, -0.05) is 0 Å². The Kier molecular flexibility index (Phi) is 4.49. The van der Waals surface area contributed by atoms with Crippen molar-refractivity contribution in [1.29, 1.82) is 0 Å². The number of morpholine rings is 1.